The van der Waals surface area contributed by atoms with Crippen molar-refractivity contribution in [3.63, 3.8) is 0 Å². The van der Waals surface area contributed by atoms with Gasteiger partial charge in [0.25, 0.3) is 0 Å². The van der Waals surface area contributed by atoms with Crippen molar-refractivity contribution in [2.75, 3.05) is 0 Å². The molecule has 1 aliphatic carbocycles. The monoisotopic (exact) mass is 250 g/mol. The molecular weight excluding hydrogens is 244 g/mol. The maximum Gasteiger partial charge on any atom is 0 e. The summed E-state index contributed by atoms with van der Waals surface area (Å²) in [4.78, 5) is 0. The fourth-order valence-corrected chi connectivity index (χ4v) is 0.393. The SMILES string of the molecule is C1=CCC=C1.[W]. The van der Waals surface area contributed by atoms with E-state index in [0.29, 0.717) is 0 Å². The van der Waals surface area contributed by atoms with E-state index in [-0.39, 0.29) is 21.1 Å². The molecule has 0 spiro atoms. The van der Waals surface area contributed by atoms with E-state index in [4.69, 9.17) is 0 Å². The van der Waals surface area contributed by atoms with Crippen LogP contribution in [0.15, 0.2) is 24.3 Å². The summed E-state index contributed by atoms with van der Waals surface area (Å²) in [5.41, 5.74) is 0. The topological polar surface area (TPSA) is 0 Å². The third kappa shape index (κ3) is 1.57. The van der Waals surface area contributed by atoms with Crippen molar-refractivity contribution in [1.82, 2.24) is 0 Å². The van der Waals surface area contributed by atoms with E-state index in [9.17, 15) is 0 Å². The zero-order chi connectivity index (χ0) is 3.54. The van der Waals surface area contributed by atoms with Crippen LogP contribution in [-0.2, 0) is 21.1 Å². The van der Waals surface area contributed by atoms with Crippen molar-refractivity contribution in [1.29, 1.82) is 0 Å². The van der Waals surface area contributed by atoms with Gasteiger partial charge in [0.05, 0.1) is 0 Å². The Morgan fingerprint density at radius 1 is 1.00 bits per heavy atom. The van der Waals surface area contributed by atoms with Crippen LogP contribution in [0.25, 0.3) is 0 Å². The van der Waals surface area contributed by atoms with Crippen LogP contribution in [0.2, 0.25) is 0 Å². The molecule has 1 rings (SSSR count). The fraction of sp³-hybridized carbons (Fsp3) is 0.200. The molecule has 0 aromatic carbocycles. The molecule has 0 bridgehead atoms. The maximum absolute atomic E-state index is 2.12. The molecule has 0 N–H and O–H groups in total. The van der Waals surface area contributed by atoms with Gasteiger partial charge in [-0.3, -0.25) is 0 Å². The van der Waals surface area contributed by atoms with Crippen LogP contribution in [-0.4, -0.2) is 0 Å². The third-order valence-electron chi connectivity index (χ3n) is 0.655. The van der Waals surface area contributed by atoms with Crippen molar-refractivity contribution in [3.05, 3.63) is 24.3 Å². The van der Waals surface area contributed by atoms with Crippen molar-refractivity contribution in [2.45, 2.75) is 6.42 Å². The largest absolute Gasteiger partial charge is 0.0808 e. The molecule has 0 amide bonds. The Bertz CT molecular complexity index is 62.0. The molecule has 0 nitrogen and oxygen atoms in total. The van der Waals surface area contributed by atoms with Crippen molar-refractivity contribution >= 4 is 0 Å². The molecule has 0 saturated carbocycles. The molecule has 32 valence electrons. The summed E-state index contributed by atoms with van der Waals surface area (Å²) in [7, 11) is 0. The number of allylic oxidation sites excluding steroid dienone is 4. The Morgan fingerprint density at radius 2 is 1.50 bits per heavy atom. The van der Waals surface area contributed by atoms with Crippen LogP contribution in [0.4, 0.5) is 0 Å². The molecule has 0 aliphatic heterocycles. The molecule has 1 heteroatoms. The van der Waals surface area contributed by atoms with Gasteiger partial charge in [-0.25, -0.2) is 0 Å². The van der Waals surface area contributed by atoms with Crippen molar-refractivity contribution < 1.29 is 21.1 Å². The summed E-state index contributed by atoms with van der Waals surface area (Å²) in [6.07, 6.45) is 9.50. The van der Waals surface area contributed by atoms with E-state index in [2.05, 4.69) is 24.3 Å². The van der Waals surface area contributed by atoms with Gasteiger partial charge in [0, 0.05) is 21.1 Å². The van der Waals surface area contributed by atoms with Gasteiger partial charge in [-0.1, -0.05) is 24.3 Å². The third-order valence-corrected chi connectivity index (χ3v) is 0.655. The first kappa shape index (κ1) is 6.17. The summed E-state index contributed by atoms with van der Waals surface area (Å²) in [6, 6.07) is 0. The summed E-state index contributed by atoms with van der Waals surface area (Å²) in [5.74, 6) is 0. The van der Waals surface area contributed by atoms with Gasteiger partial charge in [-0.2, -0.15) is 0 Å². The Morgan fingerprint density at radius 3 is 1.67 bits per heavy atom. The molecule has 0 unspecified atom stereocenters. The van der Waals surface area contributed by atoms with Gasteiger partial charge in [0.15, 0.2) is 0 Å². The average molecular weight is 250 g/mol. The molecule has 1 aliphatic rings. The fourth-order valence-electron chi connectivity index (χ4n) is 0.393. The van der Waals surface area contributed by atoms with Crippen molar-refractivity contribution in [2.24, 2.45) is 0 Å². The molecule has 0 aromatic heterocycles. The molecule has 0 radical (unpaired) electrons. The van der Waals surface area contributed by atoms with E-state index in [1.54, 1.807) is 0 Å². The zero-order valence-electron chi connectivity index (χ0n) is 3.42. The van der Waals surface area contributed by atoms with E-state index in [0.717, 1.165) is 6.42 Å². The van der Waals surface area contributed by atoms with Crippen LogP contribution in [0.1, 0.15) is 6.42 Å². The predicted molar refractivity (Wildman–Crippen MR) is 22.9 cm³/mol. The van der Waals surface area contributed by atoms with Gasteiger partial charge in [-0.05, 0) is 6.42 Å². The molecule has 0 aromatic rings. The second kappa shape index (κ2) is 3.36. The Kier molecular flexibility index (Phi) is 3.46. The van der Waals surface area contributed by atoms with Gasteiger partial charge in [0.1, 0.15) is 0 Å². The van der Waals surface area contributed by atoms with E-state index in [1.807, 2.05) is 0 Å². The van der Waals surface area contributed by atoms with E-state index >= 15 is 0 Å². The minimum absolute atomic E-state index is 0. The zero-order valence-corrected chi connectivity index (χ0v) is 6.36. The minimum atomic E-state index is 0. The second-order valence-corrected chi connectivity index (χ2v) is 1.09. The maximum atomic E-state index is 2.12. The Hall–Kier alpha value is 0.168. The minimum Gasteiger partial charge on any atom is -0.0808 e. The molecule has 0 fully saturated rings. The van der Waals surface area contributed by atoms with Crippen LogP contribution in [0, 0.1) is 0 Å². The number of hydrogen-bond acceptors (Lipinski definition) is 0. The molecule has 0 saturated heterocycles. The average Bonchev–Trinajstić information content (AvgIpc) is 1.76. The van der Waals surface area contributed by atoms with E-state index < -0.39 is 0 Å². The van der Waals surface area contributed by atoms with Crippen LogP contribution in [0.3, 0.4) is 0 Å². The standard InChI is InChI=1S/C5H6.W/c1-2-4-5-3-1;/h1-4H,5H2;. The number of rotatable bonds is 0. The van der Waals surface area contributed by atoms with Gasteiger partial charge >= 0.3 is 0 Å². The normalized spacial score (nSPS) is 14.7. The van der Waals surface area contributed by atoms with Crippen LogP contribution < -0.4 is 0 Å². The molecule has 0 atom stereocenters. The van der Waals surface area contributed by atoms with Crippen LogP contribution >= 0.6 is 0 Å². The summed E-state index contributed by atoms with van der Waals surface area (Å²) in [5, 5.41) is 0. The number of hydrogen-bond donors (Lipinski definition) is 0. The van der Waals surface area contributed by atoms with Crippen molar-refractivity contribution in [3.8, 4) is 0 Å². The quantitative estimate of drug-likeness (QED) is 0.611. The van der Waals surface area contributed by atoms with Crippen LogP contribution in [0.5, 0.6) is 0 Å². The van der Waals surface area contributed by atoms with Gasteiger partial charge in [-0.15, -0.1) is 0 Å². The van der Waals surface area contributed by atoms with Gasteiger partial charge < -0.3 is 0 Å². The first-order chi connectivity index (χ1) is 2.50. The molecular formula is C5H6W. The summed E-state index contributed by atoms with van der Waals surface area (Å²) >= 11 is 0. The van der Waals surface area contributed by atoms with Gasteiger partial charge in [0.2, 0.25) is 0 Å². The Labute approximate surface area is 52.2 Å². The smallest absolute Gasteiger partial charge is 0 e. The first-order valence-corrected chi connectivity index (χ1v) is 1.82. The Balaban J connectivity index is 0.000000250. The van der Waals surface area contributed by atoms with E-state index in [1.165, 1.54) is 0 Å². The summed E-state index contributed by atoms with van der Waals surface area (Å²) in [6.45, 7) is 0. The molecule has 0 heterocycles. The summed E-state index contributed by atoms with van der Waals surface area (Å²) < 4.78 is 0. The predicted octanol–water partition coefficient (Wildman–Crippen LogP) is 1.50. The molecule has 6 heavy (non-hydrogen) atoms. The second-order valence-electron chi connectivity index (χ2n) is 1.09. The first-order valence-electron chi connectivity index (χ1n) is 1.82.